The summed E-state index contributed by atoms with van der Waals surface area (Å²) in [6.45, 7) is 4.19. The third-order valence-corrected chi connectivity index (χ3v) is 24.1. The molecule has 3 aliphatic heterocycles. The Morgan fingerprint density at radius 2 is 1.52 bits per heavy atom. The van der Waals surface area contributed by atoms with Crippen LogP contribution >= 0.6 is 11.3 Å². The van der Waals surface area contributed by atoms with Gasteiger partial charge in [0.1, 0.15) is 36.7 Å². The molecule has 0 radical (unpaired) electrons. The summed E-state index contributed by atoms with van der Waals surface area (Å²) in [4.78, 5) is 118. The van der Waals surface area contributed by atoms with Crippen LogP contribution in [0, 0.1) is 23.2 Å². The van der Waals surface area contributed by atoms with Crippen LogP contribution in [0.3, 0.4) is 0 Å². The highest BCUT2D eigenvalue weighted by molar-refractivity contribution is 7.86. The van der Waals surface area contributed by atoms with Crippen LogP contribution in [0.5, 0.6) is 5.75 Å². The van der Waals surface area contributed by atoms with Crippen LogP contribution in [0.15, 0.2) is 109 Å². The van der Waals surface area contributed by atoms with Crippen molar-refractivity contribution >= 4 is 105 Å². The number of aromatic carboxylic acids is 1. The monoisotopic (exact) mass is 1600 g/mol. The van der Waals surface area contributed by atoms with Crippen molar-refractivity contribution in [3.8, 4) is 28.1 Å². The molecule has 4 aromatic carbocycles. The van der Waals surface area contributed by atoms with Gasteiger partial charge in [-0.1, -0.05) is 73.7 Å². The number of amides is 6. The largest absolute Gasteiger partial charge is 0.479 e. The van der Waals surface area contributed by atoms with E-state index >= 15 is 0 Å². The number of aryl methyl sites for hydroxylation is 1. The molecular formula is C76H85N9O24S3. The van der Waals surface area contributed by atoms with Crippen LogP contribution in [-0.4, -0.2) is 239 Å². The second-order valence-electron chi connectivity index (χ2n) is 30.6. The summed E-state index contributed by atoms with van der Waals surface area (Å²) in [5, 5.41) is 65.2. The first-order valence-corrected chi connectivity index (χ1v) is 40.4. The van der Waals surface area contributed by atoms with Gasteiger partial charge < -0.3 is 64.3 Å². The minimum Gasteiger partial charge on any atom is -0.479 e. The van der Waals surface area contributed by atoms with Gasteiger partial charge in [-0.3, -0.25) is 48.0 Å². The molecule has 36 heteroatoms. The Morgan fingerprint density at radius 3 is 2.23 bits per heavy atom. The number of hydrogen-bond acceptors (Lipinski definition) is 24. The number of aromatic nitrogens is 4. The third-order valence-electron chi connectivity index (χ3n) is 21.7. The van der Waals surface area contributed by atoms with E-state index in [-0.39, 0.29) is 78.3 Å². The second kappa shape index (κ2) is 32.0. The fraction of sp³-hybridized carbons (Fsp3) is 0.461. The number of pyridine rings is 1. The molecule has 6 amide bonds. The molecule has 596 valence electrons. The lowest BCUT2D eigenvalue weighted by atomic mass is 9.39. The summed E-state index contributed by atoms with van der Waals surface area (Å²) in [5.74, 6) is -7.87. The smallest absolute Gasteiger partial charge is 0.410 e. The number of aliphatic hydroxyl groups is 3. The number of nitrogens with zero attached hydrogens (tertiary/aromatic N) is 7. The maximum Gasteiger partial charge on any atom is 0.410 e. The van der Waals surface area contributed by atoms with Crippen molar-refractivity contribution in [2.24, 2.45) is 16.2 Å². The molecule has 4 aliphatic carbocycles. The molecule has 2 unspecified atom stereocenters. The zero-order chi connectivity index (χ0) is 80.0. The van der Waals surface area contributed by atoms with Crippen molar-refractivity contribution in [3.05, 3.63) is 137 Å². The highest BCUT2D eigenvalue weighted by atomic mass is 32.2. The number of carboxylic acid groups (broad SMARTS) is 2. The fourth-order valence-corrected chi connectivity index (χ4v) is 19.5. The number of ether oxygens (including phenoxy) is 5. The molecular weight excluding hydrogens is 1520 g/mol. The predicted molar refractivity (Wildman–Crippen MR) is 400 cm³/mol. The van der Waals surface area contributed by atoms with Gasteiger partial charge in [0, 0.05) is 78.3 Å². The second-order valence-corrected chi connectivity index (χ2v) is 34.8. The average Bonchev–Trinajstić information content (AvgIpc) is 0.861. The molecule has 9 atom stereocenters. The Morgan fingerprint density at radius 1 is 0.777 bits per heavy atom. The number of para-hydroxylation sites is 1. The maximum absolute atomic E-state index is 14.3. The Bertz CT molecular complexity index is 5080. The normalized spacial score (nSPS) is 25.5. The Balaban J connectivity index is 0.663. The topological polar surface area (TPSA) is 470 Å². The van der Waals surface area contributed by atoms with Gasteiger partial charge in [0.2, 0.25) is 18.1 Å². The highest BCUT2D eigenvalue weighted by Crippen LogP contribution is 2.72. The average molecular weight is 1600 g/mol. The molecule has 4 saturated carbocycles. The lowest BCUT2D eigenvalue weighted by Gasteiger charge is -2.69. The van der Waals surface area contributed by atoms with E-state index in [1.807, 2.05) is 60.1 Å². The van der Waals surface area contributed by atoms with E-state index in [1.54, 1.807) is 36.5 Å². The SMILES string of the molecule is Cc1c(-c2ccc(-c3ccc4cccc(C(=O)Nc5nc6ccccc6s5)c4c3)nc2C(=O)O)cnn1CC12CC3(C)CC(C)(C1)CC(OCCN(CCS(=O)(=O)O)C(=O)OCc1ccc(CCCCNC(=O)CN4C(=O)[C@@H](N5C(=O)C=CC5=O)C[C@H]4COCCS(=O)(=O)O)cc1O[C@@H]1O[C@H](C(=O)O)[C@@H](O)[C@H](O)[C@H]1O)(C3)C2. The number of rotatable bonds is 32. The molecule has 112 heavy (non-hydrogen) atoms. The number of benzene rings is 4. The fourth-order valence-electron chi connectivity index (χ4n) is 17.9. The summed E-state index contributed by atoms with van der Waals surface area (Å²) in [6.07, 6.45) is -2.15. The van der Waals surface area contributed by atoms with Crippen LogP contribution < -0.4 is 15.4 Å². The van der Waals surface area contributed by atoms with Crippen LogP contribution in [0.4, 0.5) is 9.93 Å². The number of hydrogen-bond donors (Lipinski definition) is 9. The van der Waals surface area contributed by atoms with E-state index in [0.29, 0.717) is 88.4 Å². The number of aliphatic hydroxyl groups excluding tert-OH is 3. The lowest BCUT2D eigenvalue weighted by molar-refractivity contribution is -0.271. The number of fused-ring (bicyclic) bond motifs is 2. The molecule has 7 aliphatic rings. The number of nitrogens with one attached hydrogen (secondary N) is 2. The van der Waals surface area contributed by atoms with Crippen molar-refractivity contribution in [2.75, 3.05) is 62.8 Å². The number of anilines is 1. The van der Waals surface area contributed by atoms with Crippen molar-refractivity contribution in [1.29, 1.82) is 0 Å². The van der Waals surface area contributed by atoms with Crippen molar-refractivity contribution in [2.45, 2.75) is 147 Å². The van der Waals surface area contributed by atoms with Crippen molar-refractivity contribution in [3.63, 3.8) is 0 Å². The summed E-state index contributed by atoms with van der Waals surface area (Å²) in [6, 6.07) is 24.4. The van der Waals surface area contributed by atoms with Gasteiger partial charge in [-0.2, -0.15) is 21.9 Å². The maximum atomic E-state index is 14.3. The number of carboxylic acids is 2. The minimum absolute atomic E-state index is 0.0722. The zero-order valence-corrected chi connectivity index (χ0v) is 63.7. The van der Waals surface area contributed by atoms with Gasteiger partial charge in [-0.05, 0) is 140 Å². The van der Waals surface area contributed by atoms with E-state index in [1.165, 1.54) is 23.5 Å². The predicted octanol–water partition coefficient (Wildman–Crippen LogP) is 5.81. The molecule has 33 nitrogen and oxygen atoms in total. The standard InChI is InChI=1S/C76H85N9O24S3/c1-43-52(49-18-19-53(79-61(49)68(94)95)46-17-16-45-10-8-11-50(51(45)30-46)66(92)81-71-80-54-12-4-5-13-57(54)110-71)32-78-84(43)42-75-37-73(2)36-74(3,38-75)40-76(39-73,41-75)107-25-23-82(24-27-111(99,100)101)72(98)106-34-47-15-14-44(29-56(47)108-70-64(91)62(89)63(90)65(109-70)69(96)97)9-6-7-22-77-58(86)33-83-48(35-105-26-28-112(102,103)104)31-55(67(83)93)85-59(87)20-21-60(85)88/h4-5,8,10-21,29-30,32,48,55,62-65,70,89-91H,6-7,9,22-28,31,33-42H2,1-3H3,(H,77,86)(H,94,95)(H,96,97)(H,80,81,92)(H,99,100,101)(H,102,103,104)/t48-,55-,62-,63-,64+,65-,70+,73?,74?,75?,76?/m0/s1. The van der Waals surface area contributed by atoms with Crippen LogP contribution in [0.2, 0.25) is 0 Å². The quantitative estimate of drug-likeness (QED) is 0.0136. The highest BCUT2D eigenvalue weighted by Gasteiger charge is 2.66. The van der Waals surface area contributed by atoms with Crippen LogP contribution in [0.25, 0.3) is 43.4 Å². The van der Waals surface area contributed by atoms with Crippen LogP contribution in [-0.2, 0) is 82.7 Å². The number of carbonyl (C=O) groups is 8. The molecule has 9 N–H and O–H groups in total. The van der Waals surface area contributed by atoms with Crippen molar-refractivity contribution in [1.82, 2.24) is 39.8 Å². The van der Waals surface area contributed by atoms with Gasteiger partial charge in [-0.25, -0.2) is 24.4 Å². The molecule has 0 spiro atoms. The number of aliphatic carboxylic acids is 1. The van der Waals surface area contributed by atoms with E-state index in [9.17, 15) is 85.3 Å². The van der Waals surface area contributed by atoms with Gasteiger partial charge in [-0.15, -0.1) is 0 Å². The molecule has 2 saturated heterocycles. The first-order valence-electron chi connectivity index (χ1n) is 36.4. The van der Waals surface area contributed by atoms with Gasteiger partial charge in [0.25, 0.3) is 38.0 Å². The summed E-state index contributed by atoms with van der Waals surface area (Å²) < 4.78 is 98.7. The first-order chi connectivity index (χ1) is 53.1. The lowest BCUT2D eigenvalue weighted by Crippen LogP contribution is -2.64. The Labute approximate surface area is 646 Å². The first kappa shape index (κ1) is 80.3. The van der Waals surface area contributed by atoms with E-state index < -0.39 is 148 Å². The molecule has 7 aromatic rings. The summed E-state index contributed by atoms with van der Waals surface area (Å²) in [7, 11) is -9.04. The number of likely N-dealkylation sites (tertiary alicyclic amines) is 1. The number of imide groups is 1. The van der Waals surface area contributed by atoms with Gasteiger partial charge in [0.15, 0.2) is 16.9 Å². The van der Waals surface area contributed by atoms with E-state index in [0.717, 1.165) is 61.7 Å². The third kappa shape index (κ3) is 17.9. The summed E-state index contributed by atoms with van der Waals surface area (Å²) in [5.41, 5.74) is 2.71. The van der Waals surface area contributed by atoms with E-state index in [2.05, 4.69) is 29.5 Å². The molecule has 14 rings (SSSR count). The Kier molecular flexibility index (Phi) is 23.0. The van der Waals surface area contributed by atoms with Crippen LogP contribution in [0.1, 0.15) is 109 Å². The Hall–Kier alpha value is -9.73. The molecule has 4 bridgehead atoms. The zero-order valence-electron chi connectivity index (χ0n) is 61.2. The van der Waals surface area contributed by atoms with Crippen molar-refractivity contribution < 1.29 is 114 Å². The summed E-state index contributed by atoms with van der Waals surface area (Å²) >= 11 is 1.36. The molecule has 6 fully saturated rings. The number of unbranched alkanes of at least 4 members (excludes halogenated alkanes) is 1. The van der Waals surface area contributed by atoms with E-state index in [4.69, 9.17) is 38.3 Å². The minimum atomic E-state index is -4.65. The number of carbonyl (C=O) groups excluding carboxylic acids is 6. The number of thiazole rings is 1. The molecule has 6 heterocycles. The van der Waals surface area contributed by atoms with Gasteiger partial charge >= 0.3 is 18.0 Å². The van der Waals surface area contributed by atoms with Gasteiger partial charge in [0.05, 0.1) is 71.6 Å². The molecule has 3 aromatic heterocycles.